The number of piperidine rings is 2. The van der Waals surface area contributed by atoms with Crippen molar-refractivity contribution in [1.29, 1.82) is 0 Å². The summed E-state index contributed by atoms with van der Waals surface area (Å²) in [5, 5.41) is 0.902. The fraction of sp³-hybridized carbons (Fsp3) is 0.509. The molecule has 0 radical (unpaired) electrons. The molecule has 1 unspecified atom stereocenters. The highest BCUT2D eigenvalue weighted by molar-refractivity contribution is 9.11. The lowest BCUT2D eigenvalue weighted by Gasteiger charge is -2.48. The van der Waals surface area contributed by atoms with Gasteiger partial charge in [0.15, 0.2) is 5.69 Å². The lowest BCUT2D eigenvalue weighted by atomic mass is 9.97. The number of anilines is 2. The van der Waals surface area contributed by atoms with Gasteiger partial charge in [-0.3, -0.25) is 19.6 Å². The summed E-state index contributed by atoms with van der Waals surface area (Å²) in [6.45, 7) is 28.5. The predicted octanol–water partition coefficient (Wildman–Crippen LogP) is 12.9. The highest BCUT2D eigenvalue weighted by Crippen LogP contribution is 2.36. The highest BCUT2D eigenvalue weighted by atomic mass is 79.9. The van der Waals surface area contributed by atoms with Crippen LogP contribution in [0.2, 0.25) is 10.0 Å². The molecule has 1 aromatic heterocycles. The number of nitrogens with two attached hydrogens (primary N) is 1. The number of hydrogen-bond acceptors (Lipinski definition) is 9. The molecular formula is C57H74Br2Cl2F2N10O. The number of aromatic nitrogens is 2. The highest BCUT2D eigenvalue weighted by Gasteiger charge is 2.35. The van der Waals surface area contributed by atoms with Crippen molar-refractivity contribution in [3.63, 3.8) is 0 Å². The molecule has 3 atom stereocenters. The van der Waals surface area contributed by atoms with E-state index in [1.165, 1.54) is 23.5 Å². The Kier molecular flexibility index (Phi) is 22.5. The van der Waals surface area contributed by atoms with Gasteiger partial charge in [0.25, 0.3) is 0 Å². The molecule has 9 rings (SSSR count). The maximum Gasteiger partial charge on any atom is 0.188 e. The molecule has 17 heteroatoms. The van der Waals surface area contributed by atoms with Crippen molar-refractivity contribution < 1.29 is 13.5 Å². The molecule has 4 saturated heterocycles. The molecule has 0 aliphatic carbocycles. The summed E-state index contributed by atoms with van der Waals surface area (Å²) in [5.74, 6) is 0.473. The van der Waals surface area contributed by atoms with Crippen LogP contribution >= 0.6 is 55.1 Å². The molecule has 400 valence electrons. The number of nitrogens with one attached hydrogen (secondary N) is 1. The number of benzene rings is 4. The monoisotopic (exact) mass is 1180 g/mol. The van der Waals surface area contributed by atoms with Crippen LogP contribution in [0.25, 0.3) is 16.2 Å². The number of piperazine rings is 2. The van der Waals surface area contributed by atoms with E-state index in [2.05, 4.69) is 114 Å². The smallest absolute Gasteiger partial charge is 0.188 e. The predicted molar refractivity (Wildman–Crippen MR) is 308 cm³/mol. The van der Waals surface area contributed by atoms with Crippen molar-refractivity contribution in [1.82, 2.24) is 29.6 Å². The van der Waals surface area contributed by atoms with Crippen LogP contribution in [-0.2, 0) is 17.8 Å². The van der Waals surface area contributed by atoms with Crippen molar-refractivity contribution in [2.24, 2.45) is 5.73 Å². The Balaban J connectivity index is 0.000000192. The van der Waals surface area contributed by atoms with Crippen molar-refractivity contribution in [3.05, 3.63) is 138 Å². The van der Waals surface area contributed by atoms with Crippen molar-refractivity contribution in [3.8, 4) is 11.4 Å². The number of ether oxygens (including phenoxy) is 1. The third-order valence-corrected chi connectivity index (χ3v) is 16.9. The molecule has 11 nitrogen and oxygen atoms in total. The molecule has 0 bridgehead atoms. The fourth-order valence-electron chi connectivity index (χ4n) is 11.0. The van der Waals surface area contributed by atoms with Crippen LogP contribution in [0.1, 0.15) is 77.3 Å². The van der Waals surface area contributed by atoms with Gasteiger partial charge in [0, 0.05) is 143 Å². The van der Waals surface area contributed by atoms with E-state index in [0.29, 0.717) is 59.5 Å². The first kappa shape index (κ1) is 58.0. The molecule has 4 fully saturated rings. The molecule has 5 heterocycles. The summed E-state index contributed by atoms with van der Waals surface area (Å²) in [5.41, 5.74) is 10.9. The number of H-pyrrole nitrogens is 1. The second kappa shape index (κ2) is 28.6. The van der Waals surface area contributed by atoms with Crippen LogP contribution in [0.4, 0.5) is 25.8 Å². The minimum absolute atomic E-state index is 0.204. The lowest BCUT2D eigenvalue weighted by molar-refractivity contribution is 0.0609. The molecular weight excluding hydrogens is 1110 g/mol. The van der Waals surface area contributed by atoms with E-state index in [-0.39, 0.29) is 17.7 Å². The van der Waals surface area contributed by atoms with Crippen LogP contribution in [0.3, 0.4) is 0 Å². The number of halogens is 6. The van der Waals surface area contributed by atoms with Crippen LogP contribution in [-0.4, -0.2) is 138 Å². The molecule has 4 aromatic carbocycles. The quantitative estimate of drug-likeness (QED) is 0.106. The SMILES string of the molecule is CCOC(C)CN.CC[C@H]1CN(c2ccc(-c3ncc[nH]3)cc2Br)CCN1C1CCN(Cc2ccc(Cl)cc2F)CC1.[C-]#[N+]c1ccc(N2CCN(C3CCN(Cc4ccc(Cl)cc4F)CC3)[C@@H](CC)C2)c(Br)c1. The molecule has 4 aliphatic heterocycles. The maximum atomic E-state index is 14.2. The van der Waals surface area contributed by atoms with Gasteiger partial charge >= 0.3 is 0 Å². The Morgan fingerprint density at radius 2 is 1.22 bits per heavy atom. The van der Waals surface area contributed by atoms with Gasteiger partial charge < -0.3 is 25.3 Å². The first-order chi connectivity index (χ1) is 35.8. The third kappa shape index (κ3) is 15.7. The van der Waals surface area contributed by atoms with Crippen molar-refractivity contribution in [2.75, 3.05) is 88.4 Å². The number of imidazole rings is 1. The van der Waals surface area contributed by atoms with Crippen molar-refractivity contribution >= 4 is 72.1 Å². The molecule has 0 saturated carbocycles. The second-order valence-electron chi connectivity index (χ2n) is 19.8. The Morgan fingerprint density at radius 3 is 1.61 bits per heavy atom. The molecule has 4 aliphatic rings. The topological polar surface area (TPSA) is 87.7 Å². The zero-order chi connectivity index (χ0) is 52.7. The van der Waals surface area contributed by atoms with Gasteiger partial charge in [-0.15, -0.1) is 0 Å². The van der Waals surface area contributed by atoms with E-state index in [1.54, 1.807) is 24.4 Å². The van der Waals surface area contributed by atoms with E-state index in [4.69, 9.17) is 40.2 Å². The summed E-state index contributed by atoms with van der Waals surface area (Å²) in [7, 11) is 0. The molecule has 0 spiro atoms. The summed E-state index contributed by atoms with van der Waals surface area (Å²) >= 11 is 19.3. The van der Waals surface area contributed by atoms with E-state index >= 15 is 0 Å². The minimum atomic E-state index is -0.211. The summed E-state index contributed by atoms with van der Waals surface area (Å²) < 4.78 is 35.6. The molecule has 74 heavy (non-hydrogen) atoms. The van der Waals surface area contributed by atoms with Gasteiger partial charge in [0.05, 0.1) is 18.4 Å². The van der Waals surface area contributed by atoms with E-state index in [0.717, 1.165) is 142 Å². The fourth-order valence-corrected chi connectivity index (χ4v) is 12.5. The first-order valence-electron chi connectivity index (χ1n) is 26.4. The van der Waals surface area contributed by atoms with Crippen molar-refractivity contribution in [2.45, 2.75) is 110 Å². The van der Waals surface area contributed by atoms with Crippen LogP contribution < -0.4 is 15.5 Å². The number of hydrogen-bond donors (Lipinski definition) is 2. The summed E-state index contributed by atoms with van der Waals surface area (Å²) in [6, 6.07) is 24.6. The van der Waals surface area contributed by atoms with Gasteiger partial charge in [-0.05, 0) is 165 Å². The van der Waals surface area contributed by atoms with Crippen LogP contribution in [0.5, 0.6) is 0 Å². The second-order valence-corrected chi connectivity index (χ2v) is 22.4. The van der Waals surface area contributed by atoms with E-state index in [9.17, 15) is 8.78 Å². The molecule has 0 amide bonds. The summed E-state index contributed by atoms with van der Waals surface area (Å²) in [6.07, 6.45) is 10.6. The minimum Gasteiger partial charge on any atom is -0.377 e. The lowest BCUT2D eigenvalue weighted by Crippen LogP contribution is -2.58. The Hall–Kier alpha value is -3.66. The Bertz CT molecular complexity index is 2580. The van der Waals surface area contributed by atoms with Gasteiger partial charge in [0.1, 0.15) is 17.5 Å². The maximum absolute atomic E-state index is 14.2. The number of aromatic amines is 1. The van der Waals surface area contributed by atoms with Gasteiger partial charge in [-0.1, -0.05) is 55.2 Å². The van der Waals surface area contributed by atoms with Crippen LogP contribution in [0.15, 0.2) is 94.1 Å². The third-order valence-electron chi connectivity index (χ3n) is 15.1. The van der Waals surface area contributed by atoms with Gasteiger partial charge in [-0.25, -0.2) is 18.6 Å². The Morgan fingerprint density at radius 1 is 0.716 bits per heavy atom. The average molecular weight is 1180 g/mol. The van der Waals surface area contributed by atoms with Gasteiger partial charge in [-0.2, -0.15) is 0 Å². The van der Waals surface area contributed by atoms with Crippen LogP contribution in [0, 0.1) is 18.2 Å². The normalized spacial score (nSPS) is 20.1. The number of rotatable bonds is 14. The number of likely N-dealkylation sites (tertiary alicyclic amines) is 2. The average Bonchev–Trinajstić information content (AvgIpc) is 3.96. The zero-order valence-electron chi connectivity index (χ0n) is 43.4. The number of nitrogens with zero attached hydrogens (tertiary/aromatic N) is 8. The van der Waals surface area contributed by atoms with Gasteiger partial charge in [0.2, 0.25) is 0 Å². The largest absolute Gasteiger partial charge is 0.377 e. The first-order valence-corrected chi connectivity index (χ1v) is 28.8. The molecule has 3 N–H and O–H groups in total. The van der Waals surface area contributed by atoms with E-state index < -0.39 is 0 Å². The molecule has 5 aromatic rings. The zero-order valence-corrected chi connectivity index (χ0v) is 48.1. The summed E-state index contributed by atoms with van der Waals surface area (Å²) in [4.78, 5) is 26.2. The standard InChI is InChI=1S/C27H32BrClFN5.C25H29BrClFN4.C5H13NO/c1-2-22-18-34(26-6-4-19(15-24(26)28)27-31-9-10-32-27)13-14-35(22)23-7-11-33(12-8-23)17-20-3-5-21(29)16-25(20)30;1-3-21-17-31(25-7-6-20(29-2)15-23(25)26)12-13-32(21)22-8-10-30(11-9-22)16-18-4-5-19(27)14-24(18)28;1-3-7-5(2)4-6/h3-6,9-10,15-16,22-23H,2,7-8,11-14,17-18H2,1H3,(H,31,32);4-7,14-15,21-22H,3,8-13,16-17H2,1H3;5H,3-4,6H2,1-2H3/t22-;21-;/m00./s1. The Labute approximate surface area is 465 Å². The van der Waals surface area contributed by atoms with E-state index in [1.807, 2.05) is 38.2 Å².